The quantitative estimate of drug-likeness (QED) is 0.357. The number of amides is 4. The molecule has 2 saturated heterocycles. The Labute approximate surface area is 176 Å². The third kappa shape index (κ3) is 2.45. The van der Waals surface area contributed by atoms with Gasteiger partial charge in [-0.1, -0.05) is 17.7 Å². The Morgan fingerprint density at radius 2 is 1.55 bits per heavy atom. The van der Waals surface area contributed by atoms with Gasteiger partial charge in [0.2, 0.25) is 0 Å². The minimum atomic E-state index is -0.990. The van der Waals surface area contributed by atoms with Crippen LogP contribution in [0.15, 0.2) is 29.8 Å². The maximum atomic E-state index is 12.9. The summed E-state index contributed by atoms with van der Waals surface area (Å²) in [5.74, 6) is -7.90. The maximum absolute atomic E-state index is 12.9. The summed E-state index contributed by atoms with van der Waals surface area (Å²) in [6.45, 7) is 0. The zero-order valence-electron chi connectivity index (χ0n) is 16.5. The molecule has 0 unspecified atom stereocenters. The van der Waals surface area contributed by atoms with Crippen molar-refractivity contribution < 1.29 is 39.4 Å². The van der Waals surface area contributed by atoms with Crippen LogP contribution in [0.1, 0.15) is 24.3 Å². The zero-order chi connectivity index (χ0) is 22.2. The predicted molar refractivity (Wildman–Crippen MR) is 99.4 cm³/mol. The lowest BCUT2D eigenvalue weighted by Crippen LogP contribution is -2.43. The van der Waals surface area contributed by atoms with Crippen molar-refractivity contribution in [1.82, 2.24) is 10.1 Å². The molecule has 1 aromatic carbocycles. The maximum Gasteiger partial charge on any atom is 0.258 e. The van der Waals surface area contributed by atoms with Crippen molar-refractivity contribution in [2.24, 2.45) is 29.6 Å². The molecule has 1 aromatic rings. The van der Waals surface area contributed by atoms with Crippen molar-refractivity contribution in [3.05, 3.63) is 35.4 Å². The van der Waals surface area contributed by atoms with Gasteiger partial charge in [-0.3, -0.25) is 29.6 Å². The third-order valence-electron chi connectivity index (χ3n) is 7.18. The summed E-state index contributed by atoms with van der Waals surface area (Å²) in [7, 11) is 1.41. The molecular weight excluding hydrogens is 408 g/mol. The molecule has 0 radical (unpaired) electrons. The third-order valence-corrected chi connectivity index (χ3v) is 7.18. The van der Waals surface area contributed by atoms with Crippen LogP contribution in [0.2, 0.25) is 0 Å². The number of carbonyl (C=O) groups excluding carboxylic acids is 4. The number of phenols is 1. The first-order valence-corrected chi connectivity index (χ1v) is 9.97. The summed E-state index contributed by atoms with van der Waals surface area (Å²) in [6, 6.07) is 4.61. The topological polar surface area (TPSA) is 145 Å². The van der Waals surface area contributed by atoms with Gasteiger partial charge in [0.05, 0.1) is 30.8 Å². The van der Waals surface area contributed by atoms with Crippen molar-refractivity contribution in [3.63, 3.8) is 0 Å². The van der Waals surface area contributed by atoms with Gasteiger partial charge >= 0.3 is 0 Å². The molecule has 10 nitrogen and oxygen atoms in total. The molecule has 31 heavy (non-hydrogen) atoms. The molecule has 5 rings (SSSR count). The van der Waals surface area contributed by atoms with Crippen LogP contribution in [0.4, 0.5) is 0 Å². The van der Waals surface area contributed by atoms with Crippen molar-refractivity contribution in [3.8, 4) is 11.5 Å². The lowest BCUT2D eigenvalue weighted by molar-refractivity contribution is -0.174. The van der Waals surface area contributed by atoms with Crippen molar-refractivity contribution in [2.75, 3.05) is 7.11 Å². The summed E-state index contributed by atoms with van der Waals surface area (Å²) < 4.78 is 5.41. The van der Waals surface area contributed by atoms with Crippen LogP contribution in [0.3, 0.4) is 0 Å². The van der Waals surface area contributed by atoms with Crippen LogP contribution < -0.4 is 4.74 Å². The molecule has 0 bridgehead atoms. The van der Waals surface area contributed by atoms with Gasteiger partial charge < -0.3 is 9.84 Å². The van der Waals surface area contributed by atoms with Crippen LogP contribution in [-0.2, 0) is 19.2 Å². The fourth-order valence-corrected chi connectivity index (χ4v) is 5.90. The van der Waals surface area contributed by atoms with Gasteiger partial charge in [-0.25, -0.2) is 0 Å². The number of fused-ring (bicyclic) bond motifs is 4. The Bertz CT molecular complexity index is 1070. The molecule has 4 amide bonds. The number of aromatic hydroxyl groups is 1. The Morgan fingerprint density at radius 1 is 0.903 bits per heavy atom. The monoisotopic (exact) mass is 428 g/mol. The molecule has 2 aliphatic carbocycles. The Hall–Kier alpha value is -3.24. The summed E-state index contributed by atoms with van der Waals surface area (Å²) in [5.41, 5.74) is 0.902. The molecule has 10 heteroatoms. The van der Waals surface area contributed by atoms with E-state index in [9.17, 15) is 34.7 Å². The second-order valence-corrected chi connectivity index (χ2v) is 8.39. The van der Waals surface area contributed by atoms with Gasteiger partial charge in [0.1, 0.15) is 11.5 Å². The van der Waals surface area contributed by atoms with E-state index >= 15 is 0 Å². The van der Waals surface area contributed by atoms with E-state index in [0.29, 0.717) is 11.3 Å². The van der Waals surface area contributed by atoms with Crippen LogP contribution in [0, 0.1) is 29.6 Å². The average Bonchev–Trinajstić information content (AvgIpc) is 3.12. The highest BCUT2D eigenvalue weighted by Crippen LogP contribution is 2.59. The number of phenolic OH excluding ortho intramolecular Hbond substituents is 1. The van der Waals surface area contributed by atoms with E-state index in [2.05, 4.69) is 0 Å². The van der Waals surface area contributed by atoms with E-state index in [1.807, 2.05) is 0 Å². The fourth-order valence-electron chi connectivity index (χ4n) is 5.90. The van der Waals surface area contributed by atoms with E-state index in [1.165, 1.54) is 13.2 Å². The number of hydroxylamine groups is 4. The van der Waals surface area contributed by atoms with E-state index < -0.39 is 59.1 Å². The lowest BCUT2D eigenvalue weighted by Gasteiger charge is -2.44. The molecule has 0 spiro atoms. The predicted octanol–water partition coefficient (Wildman–Crippen LogP) is 0.815. The first-order chi connectivity index (χ1) is 14.8. The number of nitrogens with zero attached hydrogens (tertiary/aromatic N) is 2. The summed E-state index contributed by atoms with van der Waals surface area (Å²) in [6.07, 6.45) is 1.99. The van der Waals surface area contributed by atoms with Crippen molar-refractivity contribution >= 4 is 23.6 Å². The number of imide groups is 2. The molecule has 162 valence electrons. The van der Waals surface area contributed by atoms with Crippen LogP contribution in [0.5, 0.6) is 11.5 Å². The number of ether oxygens (including phenoxy) is 1. The number of allylic oxidation sites excluding steroid dienone is 2. The first-order valence-electron chi connectivity index (χ1n) is 9.97. The number of methoxy groups -OCH3 is 1. The molecule has 2 aliphatic heterocycles. The van der Waals surface area contributed by atoms with Crippen molar-refractivity contribution in [2.45, 2.75) is 18.8 Å². The lowest BCUT2D eigenvalue weighted by atomic mass is 9.57. The second kappa shape index (κ2) is 6.63. The molecule has 3 fully saturated rings. The van der Waals surface area contributed by atoms with Gasteiger partial charge in [0.25, 0.3) is 23.6 Å². The number of hydrogen-bond acceptors (Lipinski definition) is 8. The number of hydrogen-bond donors (Lipinski definition) is 3. The Balaban J connectivity index is 1.71. The van der Waals surface area contributed by atoms with E-state index in [4.69, 9.17) is 4.74 Å². The SMILES string of the molecule is COc1cccc(O)c1[C@H]1C2=CC[C@@H]3C(=O)N(O)C(=O)[C@@H]3[C@@H]2C[C@H]2C(=O)N(O)C(=O)[C@@H]12. The largest absolute Gasteiger partial charge is 0.508 e. The van der Waals surface area contributed by atoms with E-state index in [1.54, 1.807) is 18.2 Å². The Morgan fingerprint density at radius 3 is 2.23 bits per heavy atom. The molecule has 6 atom stereocenters. The fraction of sp³-hybridized carbons (Fsp3) is 0.429. The average molecular weight is 428 g/mol. The van der Waals surface area contributed by atoms with Gasteiger partial charge in [0.15, 0.2) is 0 Å². The Kier molecular flexibility index (Phi) is 4.21. The zero-order valence-corrected chi connectivity index (χ0v) is 16.5. The highest BCUT2D eigenvalue weighted by Gasteiger charge is 2.62. The normalized spacial score (nSPS) is 34.5. The number of rotatable bonds is 2. The van der Waals surface area contributed by atoms with Gasteiger partial charge in [0, 0.05) is 11.5 Å². The van der Waals surface area contributed by atoms with Gasteiger partial charge in [-0.05, 0) is 30.9 Å². The summed E-state index contributed by atoms with van der Waals surface area (Å²) in [5, 5.41) is 30.9. The van der Waals surface area contributed by atoms with Crippen LogP contribution >= 0.6 is 0 Å². The van der Waals surface area contributed by atoms with Crippen LogP contribution in [0.25, 0.3) is 0 Å². The van der Waals surface area contributed by atoms with E-state index in [0.717, 1.165) is 0 Å². The highest BCUT2D eigenvalue weighted by molar-refractivity contribution is 6.06. The van der Waals surface area contributed by atoms with Crippen LogP contribution in [-0.4, -0.2) is 56.4 Å². The van der Waals surface area contributed by atoms with E-state index in [-0.39, 0.29) is 34.3 Å². The van der Waals surface area contributed by atoms with Crippen molar-refractivity contribution in [1.29, 1.82) is 0 Å². The molecular formula is C21H20N2O8. The molecule has 0 aromatic heterocycles. The number of carbonyl (C=O) groups is 4. The minimum absolute atomic E-state index is 0.0680. The minimum Gasteiger partial charge on any atom is -0.508 e. The second-order valence-electron chi connectivity index (χ2n) is 8.39. The highest BCUT2D eigenvalue weighted by atomic mass is 16.5. The van der Waals surface area contributed by atoms with Gasteiger partial charge in [-0.15, -0.1) is 0 Å². The molecule has 1 saturated carbocycles. The number of benzene rings is 1. The molecule has 2 heterocycles. The first kappa shape index (κ1) is 19.7. The van der Waals surface area contributed by atoms with Gasteiger partial charge in [-0.2, -0.15) is 10.1 Å². The molecule has 4 aliphatic rings. The summed E-state index contributed by atoms with van der Waals surface area (Å²) in [4.78, 5) is 50.5. The smallest absolute Gasteiger partial charge is 0.258 e. The molecule has 3 N–H and O–H groups in total. The standard InChI is InChI=1S/C21H20N2O8/c1-31-13-4-2-3-12(24)17(13)15-8-5-6-9-14(20(27)22(29)18(9)25)10(8)7-11-16(15)21(28)23(30)19(11)26/h2-5,9-11,14-16,24,29-30H,6-7H2,1H3/t9-,10+,11+,14-,15-,16+/m0/s1. The summed E-state index contributed by atoms with van der Waals surface area (Å²) >= 11 is 0.